The lowest BCUT2D eigenvalue weighted by atomic mass is 9.67. The van der Waals surface area contributed by atoms with E-state index in [-0.39, 0.29) is 30.4 Å². The average molecular weight is 670 g/mol. The Morgan fingerprint density at radius 2 is 1.44 bits per heavy atom. The van der Waals surface area contributed by atoms with E-state index < -0.39 is 16.7 Å². The summed E-state index contributed by atoms with van der Waals surface area (Å²) in [5.74, 6) is -1.04. The molecule has 0 spiro atoms. The van der Waals surface area contributed by atoms with Crippen molar-refractivity contribution in [2.75, 3.05) is 13.2 Å². The molecule has 4 N–H and O–H groups in total. The van der Waals surface area contributed by atoms with Crippen LogP contribution in [0.4, 0.5) is 0 Å². The lowest BCUT2D eigenvalue weighted by molar-refractivity contribution is -0.433. The maximum absolute atomic E-state index is 14.1. The number of aliphatic hydroxyl groups is 2. The van der Waals surface area contributed by atoms with Crippen molar-refractivity contribution in [2.24, 2.45) is 16.7 Å². The minimum Gasteiger partial charge on any atom is -0.396 e. The van der Waals surface area contributed by atoms with Crippen LogP contribution in [0.1, 0.15) is 79.1 Å². The van der Waals surface area contributed by atoms with Gasteiger partial charge in [0.1, 0.15) is 5.92 Å². The van der Waals surface area contributed by atoms with E-state index >= 15 is 0 Å². The lowest BCUT2D eigenvalue weighted by Crippen LogP contribution is -2.74. The molecule has 0 atom stereocenters. The molecule has 6 nitrogen and oxygen atoms in total. The van der Waals surface area contributed by atoms with E-state index in [0.717, 1.165) is 106 Å². The monoisotopic (exact) mass is 669 g/mol. The van der Waals surface area contributed by atoms with Crippen LogP contribution in [0.5, 0.6) is 0 Å². The Bertz CT molecular complexity index is 2270. The normalized spacial score (nSPS) is 21.1. The van der Waals surface area contributed by atoms with Crippen LogP contribution in [0.3, 0.4) is 0 Å². The van der Waals surface area contributed by atoms with Crippen LogP contribution in [0.2, 0.25) is 0 Å². The number of benzene rings is 2. The number of Topliss-reactive ketones (excluding diaryl/α,β-unsaturated/α-hetero) is 2. The number of unbranched alkanes of at least 4 members (excludes halogenated alkanes) is 4. The number of hydrogen-bond acceptors (Lipinski definition) is 4. The highest BCUT2D eigenvalue weighted by Gasteiger charge is 2.46. The van der Waals surface area contributed by atoms with Gasteiger partial charge in [-0.25, -0.2) is 4.99 Å². The predicted octanol–water partition coefficient (Wildman–Crippen LogP) is 3.65. The maximum atomic E-state index is 14.1. The van der Waals surface area contributed by atoms with Crippen LogP contribution < -0.4 is 26.1 Å². The fourth-order valence-electron chi connectivity index (χ4n) is 8.51. The molecule has 0 unspecified atom stereocenters. The summed E-state index contributed by atoms with van der Waals surface area (Å²) in [5, 5.41) is 24.5. The minimum absolute atomic E-state index is 0.115. The number of aromatic nitrogens is 1. The van der Waals surface area contributed by atoms with Crippen molar-refractivity contribution in [1.29, 1.82) is 0 Å². The number of fused-ring (bicyclic) bond motifs is 5. The number of hydrogen-bond donors (Lipinski definition) is 4. The first-order valence-electron chi connectivity index (χ1n) is 18.3. The molecule has 2 aromatic carbocycles. The van der Waals surface area contributed by atoms with E-state index in [1.54, 1.807) is 0 Å². The second-order valence-corrected chi connectivity index (χ2v) is 15.4. The Morgan fingerprint density at radius 3 is 2.16 bits per heavy atom. The lowest BCUT2D eigenvalue weighted by Gasteiger charge is -2.34. The summed E-state index contributed by atoms with van der Waals surface area (Å²) >= 11 is 0. The molecule has 1 aromatic heterocycles. The summed E-state index contributed by atoms with van der Waals surface area (Å²) in [5.41, 5.74) is 7.22. The van der Waals surface area contributed by atoms with Crippen molar-refractivity contribution in [2.45, 2.75) is 79.1 Å². The zero-order valence-electron chi connectivity index (χ0n) is 29.8. The van der Waals surface area contributed by atoms with Gasteiger partial charge in [-0.1, -0.05) is 83.0 Å². The third-order valence-electron chi connectivity index (χ3n) is 11.0. The van der Waals surface area contributed by atoms with E-state index in [1.165, 1.54) is 11.1 Å². The van der Waals surface area contributed by atoms with Crippen molar-refractivity contribution in [1.82, 2.24) is 4.98 Å². The van der Waals surface area contributed by atoms with E-state index in [2.05, 4.69) is 86.2 Å². The Labute approximate surface area is 293 Å². The Kier molecular flexibility index (Phi) is 9.12. The molecule has 0 saturated heterocycles. The fourth-order valence-corrected chi connectivity index (χ4v) is 8.51. The highest BCUT2D eigenvalue weighted by Crippen LogP contribution is 2.45. The summed E-state index contributed by atoms with van der Waals surface area (Å²) in [6.45, 7) is 8.99. The molecule has 1 fully saturated rings. The number of carbonyl (C=O) groups is 2. The SMILES string of the molecule is CC1(C)C=C2[NH+]=c3ccccc3=C2C(CCCCCO)=C1C=C1C(=O)C(/C=C2/C(CCCCCO)=c3c([nH]c4ccccc34)=CC2(C)C)C1=O. The quantitative estimate of drug-likeness (QED) is 0.102. The van der Waals surface area contributed by atoms with E-state index in [9.17, 15) is 19.8 Å². The predicted molar refractivity (Wildman–Crippen MR) is 198 cm³/mol. The summed E-state index contributed by atoms with van der Waals surface area (Å²) in [6.07, 6.45) is 15.1. The first kappa shape index (κ1) is 34.1. The number of para-hydroxylation sites is 2. The molecule has 50 heavy (non-hydrogen) atoms. The molecule has 6 heteroatoms. The zero-order valence-corrected chi connectivity index (χ0v) is 29.8. The van der Waals surface area contributed by atoms with Gasteiger partial charge < -0.3 is 15.2 Å². The number of H-pyrrole nitrogens is 1. The van der Waals surface area contributed by atoms with E-state index in [4.69, 9.17) is 0 Å². The van der Waals surface area contributed by atoms with Gasteiger partial charge in [-0.3, -0.25) is 9.59 Å². The molecule has 0 bridgehead atoms. The molecule has 7 rings (SSSR count). The van der Waals surface area contributed by atoms with E-state index in [1.807, 2.05) is 24.3 Å². The van der Waals surface area contributed by atoms with Gasteiger partial charge in [-0.2, -0.15) is 0 Å². The third-order valence-corrected chi connectivity index (χ3v) is 11.0. The van der Waals surface area contributed by atoms with Gasteiger partial charge in [-0.15, -0.1) is 0 Å². The highest BCUT2D eigenvalue weighted by atomic mass is 16.3. The van der Waals surface area contributed by atoms with Crippen molar-refractivity contribution < 1.29 is 24.8 Å². The van der Waals surface area contributed by atoms with Gasteiger partial charge in [0.2, 0.25) is 11.1 Å². The summed E-state index contributed by atoms with van der Waals surface area (Å²) in [6, 6.07) is 16.6. The molecule has 1 saturated carbocycles. The number of ketones is 2. The molecule has 3 aromatic rings. The molecule has 2 heterocycles. The van der Waals surface area contributed by atoms with Gasteiger partial charge in [0.05, 0.1) is 16.4 Å². The maximum Gasteiger partial charge on any atom is 0.212 e. The van der Waals surface area contributed by atoms with Crippen molar-refractivity contribution in [3.63, 3.8) is 0 Å². The number of carbonyl (C=O) groups excluding carboxylic acids is 2. The number of nitrogens with one attached hydrogen (secondary N) is 2. The minimum atomic E-state index is -0.809. The van der Waals surface area contributed by atoms with Crippen molar-refractivity contribution >= 4 is 39.7 Å². The largest absolute Gasteiger partial charge is 0.396 e. The Balaban J connectivity index is 1.31. The third kappa shape index (κ3) is 5.92. The van der Waals surface area contributed by atoms with Crippen molar-refractivity contribution in [3.8, 4) is 0 Å². The molecule has 258 valence electrons. The van der Waals surface area contributed by atoms with E-state index in [0.29, 0.717) is 0 Å². The summed E-state index contributed by atoms with van der Waals surface area (Å²) in [4.78, 5) is 35.5. The number of aliphatic hydroxyl groups excluding tert-OH is 2. The van der Waals surface area contributed by atoms with Crippen LogP contribution >= 0.6 is 0 Å². The standard InChI is InChI=1S/C44H48N2O4/c1-43(2)25-37-39(29-17-9-11-19-35(29)45-37)27(15-7-5-13-21-47)33(43)23-31-41(49)32(42(31)50)24-34-28(16-8-6-14-22-48)40-30-18-10-12-20-36(30)46-38(40)26-44(34,3)4/h9-12,17-20,23-26,31,45,47-48H,5-8,13-16,21-22H2,1-4H3/p+1/b32-24?,33-23-. The fraction of sp³-hybridized carbons (Fsp3) is 0.386. The molecule has 4 aliphatic rings. The second-order valence-electron chi connectivity index (χ2n) is 15.4. The van der Waals surface area contributed by atoms with Gasteiger partial charge in [-0.05, 0) is 85.1 Å². The highest BCUT2D eigenvalue weighted by molar-refractivity contribution is 6.40. The number of allylic oxidation sites excluding steroid dienone is 7. The van der Waals surface area contributed by atoms with Crippen LogP contribution in [-0.2, 0) is 9.59 Å². The smallest absolute Gasteiger partial charge is 0.212 e. The van der Waals surface area contributed by atoms with Crippen LogP contribution in [0.25, 0.3) is 28.1 Å². The zero-order chi connectivity index (χ0) is 35.2. The van der Waals surface area contributed by atoms with Gasteiger partial charge in [0.25, 0.3) is 0 Å². The first-order valence-corrected chi connectivity index (χ1v) is 18.3. The van der Waals surface area contributed by atoms with Crippen LogP contribution in [0.15, 0.2) is 94.7 Å². The van der Waals surface area contributed by atoms with Crippen molar-refractivity contribution in [3.05, 3.63) is 116 Å². The van der Waals surface area contributed by atoms with Crippen LogP contribution in [0, 0.1) is 16.7 Å². The number of aromatic amines is 1. The number of rotatable bonds is 12. The summed E-state index contributed by atoms with van der Waals surface area (Å²) in [7, 11) is 0. The molecule has 1 aliphatic heterocycles. The summed E-state index contributed by atoms with van der Waals surface area (Å²) < 4.78 is 0. The Morgan fingerprint density at radius 1 is 0.780 bits per heavy atom. The average Bonchev–Trinajstić information content (AvgIpc) is 3.63. The van der Waals surface area contributed by atoms with Crippen LogP contribution in [-0.4, -0.2) is 40.0 Å². The molecular formula is C44H49N2O4+. The molecule has 0 radical (unpaired) electrons. The molecular weight excluding hydrogens is 620 g/mol. The van der Waals surface area contributed by atoms with Gasteiger partial charge in [0, 0.05) is 51.6 Å². The van der Waals surface area contributed by atoms with Gasteiger partial charge in [0.15, 0.2) is 11.6 Å². The molecule has 0 amide bonds. The topological polar surface area (TPSA) is 104 Å². The second kappa shape index (κ2) is 13.4. The Hall–Kier alpha value is -4.39. The first-order chi connectivity index (χ1) is 24.1. The molecule has 3 aliphatic carbocycles. The van der Waals surface area contributed by atoms with Gasteiger partial charge >= 0.3 is 0 Å².